The number of hydroxylamine groups is 2. The average molecular weight is 420 g/mol. The second kappa shape index (κ2) is 9.48. The first-order valence-electron chi connectivity index (χ1n) is 8.41. The molecular formula is C18H21Cl2F2N3O2. The third-order valence-electron chi connectivity index (χ3n) is 4.17. The minimum absolute atomic E-state index is 0.143. The fraction of sp³-hybridized carbons (Fsp3) is 0.444. The first-order valence-corrected chi connectivity index (χ1v) is 9.16. The Balaban J connectivity index is 2.31. The number of aryl methyl sites for hydroxylation is 1. The molecule has 9 heteroatoms. The zero-order valence-electron chi connectivity index (χ0n) is 15.3. The summed E-state index contributed by atoms with van der Waals surface area (Å²) in [6.45, 7) is 2.16. The molecule has 1 atom stereocenters. The maximum Gasteiger partial charge on any atom is 0.282 e. The fourth-order valence-electron chi connectivity index (χ4n) is 2.93. The van der Waals surface area contributed by atoms with Crippen molar-refractivity contribution in [2.24, 2.45) is 7.05 Å². The van der Waals surface area contributed by atoms with Crippen LogP contribution in [0.5, 0.6) is 0 Å². The van der Waals surface area contributed by atoms with Crippen molar-refractivity contribution in [3.63, 3.8) is 0 Å². The van der Waals surface area contributed by atoms with Crippen LogP contribution in [0.15, 0.2) is 24.4 Å². The average Bonchev–Trinajstić information content (AvgIpc) is 3.00. The van der Waals surface area contributed by atoms with Gasteiger partial charge in [0.1, 0.15) is 5.69 Å². The van der Waals surface area contributed by atoms with Gasteiger partial charge in [-0.1, -0.05) is 42.6 Å². The van der Waals surface area contributed by atoms with E-state index in [0.717, 1.165) is 23.5 Å². The normalized spacial score (nSPS) is 12.4. The van der Waals surface area contributed by atoms with Crippen LogP contribution >= 0.6 is 23.2 Å². The molecule has 0 saturated heterocycles. The number of alkyl halides is 2. The Morgan fingerprint density at radius 3 is 2.63 bits per heavy atom. The lowest BCUT2D eigenvalue weighted by Crippen LogP contribution is -2.34. The molecule has 2 rings (SSSR count). The summed E-state index contributed by atoms with van der Waals surface area (Å²) in [5, 5.41) is 5.73. The SMILES string of the molecule is CCCC(CN(OC)C(=O)c1cn(C)nc1C(F)F)c1ccc(Cl)cc1Cl. The van der Waals surface area contributed by atoms with Gasteiger partial charge in [0.15, 0.2) is 0 Å². The number of aromatic nitrogens is 2. The van der Waals surface area contributed by atoms with E-state index >= 15 is 0 Å². The predicted octanol–water partition coefficient (Wildman–Crippen LogP) is 5.25. The van der Waals surface area contributed by atoms with Crippen LogP contribution in [0.25, 0.3) is 0 Å². The Hall–Kier alpha value is -1.70. The van der Waals surface area contributed by atoms with Crippen LogP contribution in [0.4, 0.5) is 8.78 Å². The number of carbonyl (C=O) groups is 1. The van der Waals surface area contributed by atoms with Crippen LogP contribution in [0.1, 0.15) is 53.7 Å². The van der Waals surface area contributed by atoms with Crippen molar-refractivity contribution >= 4 is 29.1 Å². The van der Waals surface area contributed by atoms with E-state index in [-0.39, 0.29) is 18.0 Å². The maximum absolute atomic E-state index is 13.2. The number of amides is 1. The first kappa shape index (κ1) is 21.6. The van der Waals surface area contributed by atoms with Crippen molar-refractivity contribution in [1.29, 1.82) is 0 Å². The number of benzene rings is 1. The Labute approximate surface area is 166 Å². The van der Waals surface area contributed by atoms with Crippen LogP contribution in [-0.4, -0.2) is 34.4 Å². The molecule has 0 aliphatic heterocycles. The van der Waals surface area contributed by atoms with Gasteiger partial charge >= 0.3 is 0 Å². The zero-order chi connectivity index (χ0) is 20.1. The molecule has 1 unspecified atom stereocenters. The van der Waals surface area contributed by atoms with Crippen molar-refractivity contribution in [1.82, 2.24) is 14.8 Å². The lowest BCUT2D eigenvalue weighted by atomic mass is 9.94. The molecule has 0 N–H and O–H groups in total. The second-order valence-corrected chi connectivity index (χ2v) is 6.95. The first-order chi connectivity index (χ1) is 12.8. The van der Waals surface area contributed by atoms with Crippen molar-refractivity contribution in [2.45, 2.75) is 32.1 Å². The minimum Gasteiger partial charge on any atom is -0.275 e. The maximum atomic E-state index is 13.2. The van der Waals surface area contributed by atoms with Gasteiger partial charge in [-0.25, -0.2) is 13.8 Å². The number of halogens is 4. The van der Waals surface area contributed by atoms with E-state index in [1.165, 1.54) is 25.0 Å². The van der Waals surface area contributed by atoms with E-state index in [4.69, 9.17) is 28.0 Å². The smallest absolute Gasteiger partial charge is 0.275 e. The van der Waals surface area contributed by atoms with Crippen LogP contribution in [0.2, 0.25) is 10.0 Å². The number of hydrogen-bond donors (Lipinski definition) is 0. The van der Waals surface area contributed by atoms with E-state index in [0.29, 0.717) is 10.0 Å². The highest BCUT2D eigenvalue weighted by Crippen LogP contribution is 2.32. The summed E-state index contributed by atoms with van der Waals surface area (Å²) < 4.78 is 27.6. The van der Waals surface area contributed by atoms with Gasteiger partial charge in [0.05, 0.1) is 19.2 Å². The van der Waals surface area contributed by atoms with Crippen molar-refractivity contribution in [3.05, 3.63) is 51.3 Å². The topological polar surface area (TPSA) is 47.4 Å². The van der Waals surface area contributed by atoms with E-state index in [2.05, 4.69) is 5.10 Å². The summed E-state index contributed by atoms with van der Waals surface area (Å²) in [7, 11) is 2.80. The third kappa shape index (κ3) is 5.18. The summed E-state index contributed by atoms with van der Waals surface area (Å²) in [5.74, 6) is -0.817. The molecule has 5 nitrogen and oxygen atoms in total. The van der Waals surface area contributed by atoms with Gasteiger partial charge in [-0.05, 0) is 24.1 Å². The molecule has 0 bridgehead atoms. The Kier molecular flexibility index (Phi) is 7.59. The van der Waals surface area contributed by atoms with Gasteiger partial charge in [-0.2, -0.15) is 5.10 Å². The van der Waals surface area contributed by atoms with Gasteiger partial charge < -0.3 is 0 Å². The molecule has 0 aliphatic carbocycles. The molecule has 0 saturated carbocycles. The van der Waals surface area contributed by atoms with Crippen molar-refractivity contribution in [3.8, 4) is 0 Å². The highest BCUT2D eigenvalue weighted by Gasteiger charge is 2.29. The molecule has 0 radical (unpaired) electrons. The van der Waals surface area contributed by atoms with E-state index in [1.807, 2.05) is 6.92 Å². The van der Waals surface area contributed by atoms with Crippen LogP contribution < -0.4 is 0 Å². The van der Waals surface area contributed by atoms with Crippen LogP contribution in [0, 0.1) is 0 Å². The summed E-state index contributed by atoms with van der Waals surface area (Å²) in [5.41, 5.74) is 0.0611. The number of nitrogens with zero attached hydrogens (tertiary/aromatic N) is 3. The standard InChI is InChI=1S/C18H21Cl2F2N3O2/c1-4-5-11(13-7-6-12(19)8-15(13)20)9-25(27-3)18(26)14-10-24(2)23-16(14)17(21)22/h6-8,10-11,17H,4-5,9H2,1-3H3. The molecule has 0 fully saturated rings. The van der Waals surface area contributed by atoms with E-state index < -0.39 is 18.0 Å². The summed E-state index contributed by atoms with van der Waals surface area (Å²) in [6.07, 6.45) is -0.0331. The molecule has 27 heavy (non-hydrogen) atoms. The highest BCUT2D eigenvalue weighted by atomic mass is 35.5. The van der Waals surface area contributed by atoms with Crippen molar-refractivity contribution in [2.75, 3.05) is 13.7 Å². The molecule has 0 spiro atoms. The third-order valence-corrected chi connectivity index (χ3v) is 4.73. The minimum atomic E-state index is -2.86. The number of rotatable bonds is 8. The zero-order valence-corrected chi connectivity index (χ0v) is 16.8. The summed E-state index contributed by atoms with van der Waals surface area (Å²) in [6, 6.07) is 5.16. The molecule has 148 valence electrons. The Morgan fingerprint density at radius 2 is 2.07 bits per heavy atom. The van der Waals surface area contributed by atoms with Gasteiger partial charge in [0.25, 0.3) is 12.3 Å². The highest BCUT2D eigenvalue weighted by molar-refractivity contribution is 6.35. The molecule has 0 aliphatic rings. The van der Waals surface area contributed by atoms with Gasteiger partial charge in [0.2, 0.25) is 0 Å². The molecular weight excluding hydrogens is 399 g/mol. The second-order valence-electron chi connectivity index (χ2n) is 6.10. The molecule has 2 aromatic rings. The van der Waals surface area contributed by atoms with Gasteiger partial charge in [-0.3, -0.25) is 14.3 Å². The lowest BCUT2D eigenvalue weighted by molar-refractivity contribution is -0.0988. The van der Waals surface area contributed by atoms with E-state index in [1.54, 1.807) is 18.2 Å². The van der Waals surface area contributed by atoms with E-state index in [9.17, 15) is 13.6 Å². The van der Waals surface area contributed by atoms with Crippen molar-refractivity contribution < 1.29 is 18.4 Å². The fourth-order valence-corrected chi connectivity index (χ4v) is 3.50. The largest absolute Gasteiger partial charge is 0.282 e. The summed E-state index contributed by atoms with van der Waals surface area (Å²) >= 11 is 12.3. The molecule has 1 heterocycles. The quantitative estimate of drug-likeness (QED) is 0.548. The number of hydrogen-bond acceptors (Lipinski definition) is 3. The van der Waals surface area contributed by atoms with Crippen LogP contribution in [-0.2, 0) is 11.9 Å². The Morgan fingerprint density at radius 1 is 1.37 bits per heavy atom. The molecule has 1 aromatic carbocycles. The lowest BCUT2D eigenvalue weighted by Gasteiger charge is -2.26. The van der Waals surface area contributed by atoms with Gasteiger partial charge in [0, 0.05) is 29.2 Å². The molecule has 1 amide bonds. The predicted molar refractivity (Wildman–Crippen MR) is 100 cm³/mol. The monoisotopic (exact) mass is 419 g/mol. The van der Waals surface area contributed by atoms with Gasteiger partial charge in [-0.15, -0.1) is 0 Å². The Bertz CT molecular complexity index is 799. The van der Waals surface area contributed by atoms with Crippen LogP contribution in [0.3, 0.4) is 0 Å². The number of carbonyl (C=O) groups excluding carboxylic acids is 1. The summed E-state index contributed by atoms with van der Waals surface area (Å²) in [4.78, 5) is 18.0. The molecule has 1 aromatic heterocycles.